The van der Waals surface area contributed by atoms with Crippen molar-refractivity contribution in [3.8, 4) is 5.75 Å². The van der Waals surface area contributed by atoms with E-state index in [1.165, 1.54) is 24.8 Å². The van der Waals surface area contributed by atoms with Gasteiger partial charge in [-0.05, 0) is 43.0 Å². The molecular weight excluding hydrogens is 234 g/mol. The second kappa shape index (κ2) is 5.74. The first kappa shape index (κ1) is 12.7. The highest BCUT2D eigenvalue weighted by molar-refractivity contribution is 6.31. The number of rotatable bonds is 5. The summed E-state index contributed by atoms with van der Waals surface area (Å²) in [6.07, 6.45) is 3.96. The van der Waals surface area contributed by atoms with E-state index in [2.05, 4.69) is 18.3 Å². The molecule has 1 aliphatic carbocycles. The van der Waals surface area contributed by atoms with Gasteiger partial charge in [0.1, 0.15) is 5.75 Å². The van der Waals surface area contributed by atoms with Crippen molar-refractivity contribution in [3.63, 3.8) is 0 Å². The summed E-state index contributed by atoms with van der Waals surface area (Å²) in [6.45, 7) is 3.12. The van der Waals surface area contributed by atoms with Crippen LogP contribution in [0.25, 0.3) is 0 Å². The first-order valence-corrected chi connectivity index (χ1v) is 6.71. The smallest absolute Gasteiger partial charge is 0.120 e. The average molecular weight is 254 g/mol. The lowest BCUT2D eigenvalue weighted by molar-refractivity contribution is 0.233. The molecule has 0 radical (unpaired) electrons. The average Bonchev–Trinajstić information content (AvgIpc) is 2.26. The zero-order valence-electron chi connectivity index (χ0n) is 10.5. The molecule has 1 aliphatic rings. The van der Waals surface area contributed by atoms with Crippen molar-refractivity contribution in [2.24, 2.45) is 5.92 Å². The Morgan fingerprint density at radius 2 is 2.24 bits per heavy atom. The Labute approximate surface area is 108 Å². The van der Waals surface area contributed by atoms with E-state index in [4.69, 9.17) is 16.3 Å². The van der Waals surface area contributed by atoms with E-state index in [1.54, 1.807) is 7.11 Å². The molecule has 3 heteroatoms. The van der Waals surface area contributed by atoms with Crippen molar-refractivity contribution in [1.82, 2.24) is 5.32 Å². The summed E-state index contributed by atoms with van der Waals surface area (Å²) in [5.41, 5.74) is 1.21. The van der Waals surface area contributed by atoms with Gasteiger partial charge in [-0.1, -0.05) is 31.0 Å². The molecule has 2 nitrogen and oxygen atoms in total. The molecule has 1 unspecified atom stereocenters. The second-order valence-corrected chi connectivity index (χ2v) is 5.02. The van der Waals surface area contributed by atoms with Gasteiger partial charge in [0.2, 0.25) is 0 Å². The predicted molar refractivity (Wildman–Crippen MR) is 71.8 cm³/mol. The zero-order valence-corrected chi connectivity index (χ0v) is 11.3. The van der Waals surface area contributed by atoms with Crippen LogP contribution < -0.4 is 10.1 Å². The second-order valence-electron chi connectivity index (χ2n) is 4.61. The van der Waals surface area contributed by atoms with Crippen molar-refractivity contribution in [2.75, 3.05) is 13.7 Å². The zero-order chi connectivity index (χ0) is 12.3. The van der Waals surface area contributed by atoms with E-state index in [-0.39, 0.29) is 0 Å². The molecule has 1 N–H and O–H groups in total. The lowest BCUT2D eigenvalue weighted by atomic mass is 9.77. The minimum Gasteiger partial charge on any atom is -0.497 e. The van der Waals surface area contributed by atoms with E-state index in [9.17, 15) is 0 Å². The van der Waals surface area contributed by atoms with Gasteiger partial charge in [0, 0.05) is 11.1 Å². The van der Waals surface area contributed by atoms with E-state index in [0.717, 1.165) is 23.2 Å². The third kappa shape index (κ3) is 2.75. The maximum atomic E-state index is 6.34. The van der Waals surface area contributed by atoms with Gasteiger partial charge in [0.25, 0.3) is 0 Å². The summed E-state index contributed by atoms with van der Waals surface area (Å²) in [6, 6.07) is 6.38. The van der Waals surface area contributed by atoms with Gasteiger partial charge in [-0.25, -0.2) is 0 Å². The summed E-state index contributed by atoms with van der Waals surface area (Å²) < 4.78 is 5.19. The molecule has 0 heterocycles. The highest BCUT2D eigenvalue weighted by Gasteiger charge is 2.29. The molecule has 0 spiro atoms. The SMILES string of the molecule is CCNC(c1ccc(OC)cc1Cl)C1CCC1. The number of benzene rings is 1. The monoisotopic (exact) mass is 253 g/mol. The molecule has 1 aromatic carbocycles. The lowest BCUT2D eigenvalue weighted by Crippen LogP contribution is -2.32. The normalized spacial score (nSPS) is 17.6. The standard InChI is InChI=1S/C14H20ClNO/c1-3-16-14(10-5-4-6-10)12-8-7-11(17-2)9-13(12)15/h7-10,14,16H,3-6H2,1-2H3. The molecule has 0 aliphatic heterocycles. The fraction of sp³-hybridized carbons (Fsp3) is 0.571. The molecule has 1 saturated carbocycles. The van der Waals surface area contributed by atoms with E-state index in [0.29, 0.717) is 6.04 Å². The number of nitrogens with one attached hydrogen (secondary N) is 1. The fourth-order valence-corrected chi connectivity index (χ4v) is 2.70. The van der Waals surface area contributed by atoms with Crippen LogP contribution in [0.4, 0.5) is 0 Å². The van der Waals surface area contributed by atoms with Crippen LogP contribution in [0.1, 0.15) is 37.8 Å². The number of ether oxygens (including phenoxy) is 1. The largest absolute Gasteiger partial charge is 0.497 e. The maximum Gasteiger partial charge on any atom is 0.120 e. The first-order chi connectivity index (χ1) is 8.26. The molecule has 0 aromatic heterocycles. The molecule has 1 aromatic rings. The summed E-state index contributed by atoms with van der Waals surface area (Å²) in [7, 11) is 1.67. The predicted octanol–water partition coefficient (Wildman–Crippen LogP) is 3.80. The molecule has 17 heavy (non-hydrogen) atoms. The van der Waals surface area contributed by atoms with Crippen LogP contribution in [0, 0.1) is 5.92 Å². The topological polar surface area (TPSA) is 21.3 Å². The number of hydrogen-bond acceptors (Lipinski definition) is 2. The molecule has 1 fully saturated rings. The number of halogens is 1. The van der Waals surface area contributed by atoms with Crippen molar-refractivity contribution < 1.29 is 4.74 Å². The van der Waals surface area contributed by atoms with Crippen LogP contribution >= 0.6 is 11.6 Å². The molecule has 0 amide bonds. The van der Waals surface area contributed by atoms with Gasteiger partial charge in [-0.2, -0.15) is 0 Å². The van der Waals surface area contributed by atoms with Gasteiger partial charge >= 0.3 is 0 Å². The van der Waals surface area contributed by atoms with Crippen LogP contribution in [-0.4, -0.2) is 13.7 Å². The van der Waals surface area contributed by atoms with Crippen molar-refractivity contribution in [1.29, 1.82) is 0 Å². The first-order valence-electron chi connectivity index (χ1n) is 6.33. The molecule has 0 bridgehead atoms. The number of hydrogen-bond donors (Lipinski definition) is 1. The Morgan fingerprint density at radius 1 is 1.47 bits per heavy atom. The van der Waals surface area contributed by atoms with Crippen molar-refractivity contribution in [3.05, 3.63) is 28.8 Å². The van der Waals surface area contributed by atoms with Crippen LogP contribution in [0.3, 0.4) is 0 Å². The van der Waals surface area contributed by atoms with Crippen LogP contribution in [-0.2, 0) is 0 Å². The fourth-order valence-electron chi connectivity index (χ4n) is 2.41. The Morgan fingerprint density at radius 3 is 2.71 bits per heavy atom. The Balaban J connectivity index is 2.22. The Hall–Kier alpha value is -0.730. The van der Waals surface area contributed by atoms with Gasteiger partial charge in [0.15, 0.2) is 0 Å². The number of methoxy groups -OCH3 is 1. The minimum absolute atomic E-state index is 0.396. The summed E-state index contributed by atoms with van der Waals surface area (Å²) in [5, 5.41) is 4.36. The van der Waals surface area contributed by atoms with Crippen LogP contribution in [0.5, 0.6) is 5.75 Å². The molecule has 94 valence electrons. The van der Waals surface area contributed by atoms with E-state index < -0.39 is 0 Å². The Bertz CT molecular complexity index is 376. The van der Waals surface area contributed by atoms with Crippen LogP contribution in [0.15, 0.2) is 18.2 Å². The van der Waals surface area contributed by atoms with Gasteiger partial charge in [-0.3, -0.25) is 0 Å². The quantitative estimate of drug-likeness (QED) is 0.862. The Kier molecular flexibility index (Phi) is 4.30. The third-order valence-electron chi connectivity index (χ3n) is 3.59. The summed E-state index contributed by atoms with van der Waals surface area (Å²) in [4.78, 5) is 0. The van der Waals surface area contributed by atoms with Gasteiger partial charge in [0.05, 0.1) is 7.11 Å². The van der Waals surface area contributed by atoms with Crippen LogP contribution in [0.2, 0.25) is 5.02 Å². The minimum atomic E-state index is 0.396. The van der Waals surface area contributed by atoms with Crippen molar-refractivity contribution in [2.45, 2.75) is 32.2 Å². The maximum absolute atomic E-state index is 6.34. The highest BCUT2D eigenvalue weighted by Crippen LogP contribution is 2.40. The lowest BCUT2D eigenvalue weighted by Gasteiger charge is -2.35. The van der Waals surface area contributed by atoms with Gasteiger partial charge in [-0.15, -0.1) is 0 Å². The summed E-state index contributed by atoms with van der Waals surface area (Å²) >= 11 is 6.34. The molecular formula is C14H20ClNO. The van der Waals surface area contributed by atoms with E-state index >= 15 is 0 Å². The molecule has 2 rings (SSSR count). The van der Waals surface area contributed by atoms with E-state index in [1.807, 2.05) is 12.1 Å². The third-order valence-corrected chi connectivity index (χ3v) is 3.92. The van der Waals surface area contributed by atoms with Crippen molar-refractivity contribution >= 4 is 11.6 Å². The summed E-state index contributed by atoms with van der Waals surface area (Å²) in [5.74, 6) is 1.56. The highest BCUT2D eigenvalue weighted by atomic mass is 35.5. The molecule has 1 atom stereocenters. The molecule has 0 saturated heterocycles. The van der Waals surface area contributed by atoms with Gasteiger partial charge < -0.3 is 10.1 Å².